The lowest BCUT2D eigenvalue weighted by Crippen LogP contribution is -2.54. The van der Waals surface area contributed by atoms with E-state index in [1.54, 1.807) is 24.3 Å². The Morgan fingerprint density at radius 1 is 1.22 bits per heavy atom. The van der Waals surface area contributed by atoms with E-state index in [9.17, 15) is 9.90 Å². The van der Waals surface area contributed by atoms with Crippen molar-refractivity contribution in [3.63, 3.8) is 0 Å². The van der Waals surface area contributed by atoms with Crippen LogP contribution in [0.1, 0.15) is 23.2 Å². The number of hydrogen-bond donors (Lipinski definition) is 2. The van der Waals surface area contributed by atoms with Crippen LogP contribution in [0.4, 0.5) is 5.69 Å². The number of fused-ring (bicyclic) bond motifs is 1. The van der Waals surface area contributed by atoms with Gasteiger partial charge in [0, 0.05) is 18.5 Å². The average molecular weight is 366 g/mol. The summed E-state index contributed by atoms with van der Waals surface area (Å²) >= 11 is 0. The van der Waals surface area contributed by atoms with Crippen LogP contribution in [0, 0.1) is 0 Å². The van der Waals surface area contributed by atoms with E-state index in [1.165, 1.54) is 0 Å². The van der Waals surface area contributed by atoms with Gasteiger partial charge in [-0.2, -0.15) is 0 Å². The van der Waals surface area contributed by atoms with E-state index in [4.69, 9.17) is 15.2 Å². The van der Waals surface area contributed by atoms with Gasteiger partial charge in [-0.1, -0.05) is 30.3 Å². The van der Waals surface area contributed by atoms with Crippen LogP contribution in [0.15, 0.2) is 60.8 Å². The highest BCUT2D eigenvalue weighted by Gasteiger charge is 2.47. The lowest BCUT2D eigenvalue weighted by molar-refractivity contribution is -0.222. The van der Waals surface area contributed by atoms with Crippen LogP contribution in [0.3, 0.4) is 0 Å². The number of aliphatic hydroxyl groups is 1. The Bertz CT molecular complexity index is 967. The maximum atomic E-state index is 12.7. The Labute approximate surface area is 157 Å². The summed E-state index contributed by atoms with van der Waals surface area (Å²) in [6, 6.07) is 16.6. The highest BCUT2D eigenvalue weighted by atomic mass is 16.6. The summed E-state index contributed by atoms with van der Waals surface area (Å²) in [4.78, 5) is 12.7. The van der Waals surface area contributed by atoms with E-state index < -0.39 is 17.8 Å². The van der Waals surface area contributed by atoms with Crippen molar-refractivity contribution in [1.29, 1.82) is 0 Å². The lowest BCUT2D eigenvalue weighted by Gasteiger charge is -2.43. The molecule has 2 atom stereocenters. The zero-order chi connectivity index (χ0) is 18.9. The van der Waals surface area contributed by atoms with Crippen molar-refractivity contribution >= 4 is 22.6 Å². The summed E-state index contributed by atoms with van der Waals surface area (Å²) in [7, 11) is 0. The summed E-state index contributed by atoms with van der Waals surface area (Å²) in [6.07, 6.45) is 2.55. The van der Waals surface area contributed by atoms with Crippen molar-refractivity contribution in [1.82, 2.24) is 4.57 Å². The first kappa shape index (κ1) is 17.6. The summed E-state index contributed by atoms with van der Waals surface area (Å²) in [5.41, 5.74) is 6.33. The van der Waals surface area contributed by atoms with Crippen molar-refractivity contribution in [3.8, 4) is 0 Å². The quantitative estimate of drug-likeness (QED) is 0.548. The zero-order valence-corrected chi connectivity index (χ0v) is 14.9. The molecule has 0 saturated carbocycles. The van der Waals surface area contributed by atoms with Crippen molar-refractivity contribution < 1.29 is 19.4 Å². The van der Waals surface area contributed by atoms with Gasteiger partial charge in [0.25, 0.3) is 0 Å². The van der Waals surface area contributed by atoms with Crippen LogP contribution in [0.2, 0.25) is 0 Å². The van der Waals surface area contributed by atoms with Crippen LogP contribution in [-0.2, 0) is 15.2 Å². The number of aliphatic hydroxyl groups excluding tert-OH is 1. The summed E-state index contributed by atoms with van der Waals surface area (Å²) < 4.78 is 13.7. The molecule has 3 aromatic rings. The van der Waals surface area contributed by atoms with Crippen LogP contribution < -0.4 is 5.73 Å². The largest absolute Gasteiger partial charge is 0.453 e. The normalized spacial score (nSPS) is 22.6. The van der Waals surface area contributed by atoms with Crippen LogP contribution in [-0.4, -0.2) is 35.0 Å². The highest BCUT2D eigenvalue weighted by Crippen LogP contribution is 2.36. The van der Waals surface area contributed by atoms with Gasteiger partial charge in [0.15, 0.2) is 6.10 Å². The number of anilines is 1. The van der Waals surface area contributed by atoms with Gasteiger partial charge in [-0.3, -0.25) is 0 Å². The third kappa shape index (κ3) is 2.97. The Balaban J connectivity index is 1.72. The van der Waals surface area contributed by atoms with Gasteiger partial charge in [-0.05, 0) is 42.5 Å². The van der Waals surface area contributed by atoms with Crippen LogP contribution >= 0.6 is 0 Å². The topological polar surface area (TPSA) is 86.7 Å². The van der Waals surface area contributed by atoms with Gasteiger partial charge < -0.3 is 24.9 Å². The first-order valence-corrected chi connectivity index (χ1v) is 9.02. The molecule has 2 heterocycles. The maximum Gasteiger partial charge on any atom is 0.340 e. The van der Waals surface area contributed by atoms with Crippen molar-refractivity contribution in [2.75, 3.05) is 18.9 Å². The van der Waals surface area contributed by atoms with Crippen LogP contribution in [0.5, 0.6) is 0 Å². The SMILES string of the molecule is Nc1ccccc1C(=O)OC1CCCOC1(CO)n1ccc2ccccc21. The summed E-state index contributed by atoms with van der Waals surface area (Å²) in [6.45, 7) is 0.169. The molecule has 1 aromatic heterocycles. The van der Waals surface area contributed by atoms with Crippen molar-refractivity contribution in [3.05, 3.63) is 66.4 Å². The summed E-state index contributed by atoms with van der Waals surface area (Å²) in [5.74, 6) is -0.516. The minimum Gasteiger partial charge on any atom is -0.453 e. The van der Waals surface area contributed by atoms with Gasteiger partial charge in [0.05, 0.1) is 17.7 Å². The molecule has 6 nitrogen and oxygen atoms in total. The minimum absolute atomic E-state index is 0.312. The first-order chi connectivity index (χ1) is 13.2. The number of para-hydroxylation sites is 2. The molecule has 2 unspecified atom stereocenters. The Kier molecular flexibility index (Phi) is 4.59. The predicted octanol–water partition coefficient (Wildman–Crippen LogP) is 2.90. The molecular formula is C21H22N2O4. The van der Waals surface area contributed by atoms with E-state index in [-0.39, 0.29) is 6.61 Å². The summed E-state index contributed by atoms with van der Waals surface area (Å²) in [5, 5.41) is 11.3. The average Bonchev–Trinajstić information content (AvgIpc) is 3.13. The molecule has 1 fully saturated rings. The second kappa shape index (κ2) is 7.06. The minimum atomic E-state index is -1.17. The molecule has 1 saturated heterocycles. The van der Waals surface area contributed by atoms with Crippen LogP contribution in [0.25, 0.3) is 10.9 Å². The van der Waals surface area contributed by atoms with E-state index in [0.717, 1.165) is 17.3 Å². The van der Waals surface area contributed by atoms with Crippen molar-refractivity contribution in [2.45, 2.75) is 24.7 Å². The number of ether oxygens (including phenoxy) is 2. The standard InChI is InChI=1S/C21H22N2O4/c22-17-8-3-2-7-16(17)20(25)27-19-10-5-13-26-21(19,14-24)23-12-11-15-6-1-4-9-18(15)23/h1-4,6-9,11-12,19,24H,5,10,13-14,22H2. The number of rotatable bonds is 4. The van der Waals surface area contributed by atoms with Gasteiger partial charge >= 0.3 is 5.97 Å². The Morgan fingerprint density at radius 2 is 2.00 bits per heavy atom. The third-order valence-corrected chi connectivity index (χ3v) is 5.13. The number of aromatic nitrogens is 1. The number of carbonyl (C=O) groups excluding carboxylic acids is 1. The Hall–Kier alpha value is -2.83. The van der Waals surface area contributed by atoms with Gasteiger partial charge in [-0.25, -0.2) is 4.79 Å². The van der Waals surface area contributed by atoms with Gasteiger partial charge in [0.1, 0.15) is 0 Å². The predicted molar refractivity (Wildman–Crippen MR) is 102 cm³/mol. The highest BCUT2D eigenvalue weighted by molar-refractivity contribution is 5.95. The number of nitrogens with two attached hydrogens (primary N) is 1. The molecule has 3 N–H and O–H groups in total. The number of carbonyl (C=O) groups is 1. The fourth-order valence-electron chi connectivity index (χ4n) is 3.72. The maximum absolute atomic E-state index is 12.7. The zero-order valence-electron chi connectivity index (χ0n) is 14.9. The lowest BCUT2D eigenvalue weighted by atomic mass is 9.98. The molecule has 1 aliphatic heterocycles. The molecule has 27 heavy (non-hydrogen) atoms. The number of nitrogens with zero attached hydrogens (tertiary/aromatic N) is 1. The van der Waals surface area contributed by atoms with E-state index in [2.05, 4.69) is 0 Å². The monoisotopic (exact) mass is 366 g/mol. The van der Waals surface area contributed by atoms with E-state index in [0.29, 0.717) is 24.3 Å². The molecule has 2 aromatic carbocycles. The number of hydrogen-bond acceptors (Lipinski definition) is 5. The molecule has 0 aliphatic carbocycles. The number of esters is 1. The van der Waals surface area contributed by atoms with Crippen molar-refractivity contribution in [2.24, 2.45) is 0 Å². The fourth-order valence-corrected chi connectivity index (χ4v) is 3.72. The molecule has 0 radical (unpaired) electrons. The molecule has 6 heteroatoms. The van der Waals surface area contributed by atoms with Gasteiger partial charge in [-0.15, -0.1) is 0 Å². The molecule has 4 rings (SSSR count). The smallest absolute Gasteiger partial charge is 0.340 e. The molecule has 140 valence electrons. The van der Waals surface area contributed by atoms with E-state index in [1.807, 2.05) is 41.1 Å². The number of nitrogen functional groups attached to an aromatic ring is 1. The molecule has 0 bridgehead atoms. The first-order valence-electron chi connectivity index (χ1n) is 9.02. The second-order valence-electron chi connectivity index (χ2n) is 6.72. The molecular weight excluding hydrogens is 344 g/mol. The second-order valence-corrected chi connectivity index (χ2v) is 6.72. The fraction of sp³-hybridized carbons (Fsp3) is 0.286. The molecule has 0 amide bonds. The molecule has 0 spiro atoms. The third-order valence-electron chi connectivity index (χ3n) is 5.13. The van der Waals surface area contributed by atoms with E-state index >= 15 is 0 Å². The number of benzene rings is 2. The molecule has 1 aliphatic rings. The Morgan fingerprint density at radius 3 is 2.81 bits per heavy atom. The van der Waals surface area contributed by atoms with Gasteiger partial charge in [0.2, 0.25) is 5.72 Å².